The molecule has 0 radical (unpaired) electrons. The van der Waals surface area contributed by atoms with E-state index in [1.165, 1.54) is 51.4 Å². The van der Waals surface area contributed by atoms with E-state index in [9.17, 15) is 5.11 Å². The maximum absolute atomic E-state index is 10.3. The fraction of sp³-hybridized carbons (Fsp3) is 0.931. The molecule has 0 amide bonds. The Balaban J connectivity index is 1.56. The number of allylic oxidation sites excluding steroid dienone is 2. The summed E-state index contributed by atoms with van der Waals surface area (Å²) in [5.74, 6) is 4.91. The molecule has 0 heterocycles. The van der Waals surface area contributed by atoms with Gasteiger partial charge in [0.25, 0.3) is 0 Å². The highest BCUT2D eigenvalue weighted by atomic mass is 16.3. The fourth-order valence-electron chi connectivity index (χ4n) is 8.89. The highest BCUT2D eigenvalue weighted by Gasteiger charge is 2.63. The minimum atomic E-state index is -0.0467. The maximum Gasteiger partial charge on any atom is 0.0543 e. The van der Waals surface area contributed by atoms with Crippen molar-refractivity contribution in [1.29, 1.82) is 0 Å². The van der Waals surface area contributed by atoms with Gasteiger partial charge < -0.3 is 5.11 Å². The third-order valence-electron chi connectivity index (χ3n) is 11.8. The van der Waals surface area contributed by atoms with Crippen LogP contribution in [-0.4, -0.2) is 11.2 Å². The van der Waals surface area contributed by atoms with Crippen LogP contribution in [0.3, 0.4) is 0 Å². The van der Waals surface area contributed by atoms with Gasteiger partial charge in [-0.1, -0.05) is 73.0 Å². The van der Waals surface area contributed by atoms with Crippen molar-refractivity contribution in [2.24, 2.45) is 51.8 Å². The molecule has 4 rings (SSSR count). The molecule has 1 nitrogen and oxygen atoms in total. The van der Waals surface area contributed by atoms with Gasteiger partial charge in [-0.3, -0.25) is 0 Å². The van der Waals surface area contributed by atoms with E-state index < -0.39 is 0 Å². The number of hydrogen-bond acceptors (Lipinski definition) is 1. The summed E-state index contributed by atoms with van der Waals surface area (Å²) in [5, 5.41) is 10.3. The van der Waals surface area contributed by atoms with Gasteiger partial charge in [0.05, 0.1) is 6.10 Å². The van der Waals surface area contributed by atoms with Gasteiger partial charge in [0.1, 0.15) is 0 Å². The Morgan fingerprint density at radius 2 is 1.67 bits per heavy atom. The van der Waals surface area contributed by atoms with E-state index >= 15 is 0 Å². The van der Waals surface area contributed by atoms with Crippen LogP contribution in [0, 0.1) is 51.8 Å². The molecule has 0 spiro atoms. The maximum atomic E-state index is 10.3. The second kappa shape index (κ2) is 7.93. The number of hydrogen-bond donors (Lipinski definition) is 1. The van der Waals surface area contributed by atoms with E-state index in [-0.39, 0.29) is 6.10 Å². The van der Waals surface area contributed by atoms with Crippen LogP contribution in [0.2, 0.25) is 0 Å². The molecule has 0 saturated heterocycles. The van der Waals surface area contributed by atoms with Crippen LogP contribution in [0.5, 0.6) is 0 Å². The van der Waals surface area contributed by atoms with Crippen molar-refractivity contribution in [1.82, 2.24) is 0 Å². The molecular weight excluding hydrogens is 364 g/mol. The Morgan fingerprint density at radius 3 is 2.37 bits per heavy atom. The zero-order valence-corrected chi connectivity index (χ0v) is 21.1. The minimum absolute atomic E-state index is 0.0467. The quantitative estimate of drug-likeness (QED) is 0.451. The van der Waals surface area contributed by atoms with Gasteiger partial charge in [0.2, 0.25) is 0 Å². The predicted octanol–water partition coefficient (Wildman–Crippen LogP) is 8.02. The SMILES string of the molecule is CC(C)[C@@H](C)CC[C@@H](C)[C@H]1CC[C@@]2(C)[C@@H]3CCC4C[C@H](O)CC[C@]4(C)C3=CC[C@]12C. The monoisotopic (exact) mass is 414 g/mol. The van der Waals surface area contributed by atoms with E-state index in [1.54, 1.807) is 0 Å². The Bertz CT molecular complexity index is 663. The van der Waals surface area contributed by atoms with Crippen molar-refractivity contribution >= 4 is 0 Å². The van der Waals surface area contributed by atoms with Crippen molar-refractivity contribution in [3.05, 3.63) is 11.6 Å². The van der Waals surface area contributed by atoms with Gasteiger partial charge in [-0.2, -0.15) is 0 Å². The number of fused-ring (bicyclic) bond motifs is 5. The standard InChI is InChI=1S/C29H50O/c1-19(2)20(3)8-9-21(4)24-13-16-29(7)26-11-10-22-18-23(30)12-15-27(22,5)25(26)14-17-28(24,29)6/h14,19-24,26,30H,8-13,15-18H2,1-7H3/t20-,21+,22?,23+,24+,26+,27-,28+,29-/m0/s1. The molecule has 30 heavy (non-hydrogen) atoms. The lowest BCUT2D eigenvalue weighted by Gasteiger charge is -2.61. The first-order chi connectivity index (χ1) is 14.0. The van der Waals surface area contributed by atoms with E-state index in [2.05, 4.69) is 54.5 Å². The molecule has 9 atom stereocenters. The third-order valence-corrected chi connectivity index (χ3v) is 11.8. The summed E-state index contributed by atoms with van der Waals surface area (Å²) >= 11 is 0. The predicted molar refractivity (Wildman–Crippen MR) is 128 cm³/mol. The molecule has 4 aliphatic rings. The molecule has 172 valence electrons. The summed E-state index contributed by atoms with van der Waals surface area (Å²) in [7, 11) is 0. The summed E-state index contributed by atoms with van der Waals surface area (Å²) in [6.07, 6.45) is 15.7. The van der Waals surface area contributed by atoms with Crippen LogP contribution in [-0.2, 0) is 0 Å². The van der Waals surface area contributed by atoms with Crippen molar-refractivity contribution in [2.75, 3.05) is 0 Å². The summed E-state index contributed by atoms with van der Waals surface area (Å²) in [6, 6.07) is 0. The summed E-state index contributed by atoms with van der Waals surface area (Å²) in [5.41, 5.74) is 3.14. The van der Waals surface area contributed by atoms with Crippen molar-refractivity contribution in [2.45, 2.75) is 119 Å². The molecule has 0 bridgehead atoms. The molecule has 1 N–H and O–H groups in total. The van der Waals surface area contributed by atoms with Gasteiger partial charge in [-0.05, 0) is 103 Å². The smallest absolute Gasteiger partial charge is 0.0543 e. The van der Waals surface area contributed by atoms with E-state index in [0.29, 0.717) is 22.2 Å². The number of aliphatic hydroxyl groups excluding tert-OH is 1. The first kappa shape index (κ1) is 22.9. The third kappa shape index (κ3) is 3.36. The molecule has 3 fully saturated rings. The average Bonchev–Trinajstić information content (AvgIpc) is 2.97. The molecule has 1 unspecified atom stereocenters. The molecule has 0 aliphatic heterocycles. The van der Waals surface area contributed by atoms with Crippen molar-refractivity contribution in [3.63, 3.8) is 0 Å². The van der Waals surface area contributed by atoms with Crippen LogP contribution in [0.4, 0.5) is 0 Å². The van der Waals surface area contributed by atoms with Gasteiger partial charge in [0.15, 0.2) is 0 Å². The Hall–Kier alpha value is -0.300. The van der Waals surface area contributed by atoms with Gasteiger partial charge in [-0.25, -0.2) is 0 Å². The zero-order valence-electron chi connectivity index (χ0n) is 21.1. The van der Waals surface area contributed by atoms with E-state index in [1.807, 2.05) is 5.57 Å². The van der Waals surface area contributed by atoms with Gasteiger partial charge in [0, 0.05) is 0 Å². The van der Waals surface area contributed by atoms with E-state index in [4.69, 9.17) is 0 Å². The van der Waals surface area contributed by atoms with Crippen LogP contribution in [0.15, 0.2) is 11.6 Å². The Morgan fingerprint density at radius 1 is 0.933 bits per heavy atom. The highest BCUT2D eigenvalue weighted by Crippen LogP contribution is 2.71. The molecule has 0 aromatic heterocycles. The zero-order chi connectivity index (χ0) is 21.9. The molecule has 4 aliphatic carbocycles. The van der Waals surface area contributed by atoms with Crippen LogP contribution >= 0.6 is 0 Å². The highest BCUT2D eigenvalue weighted by molar-refractivity contribution is 5.31. The number of aliphatic hydroxyl groups is 1. The van der Waals surface area contributed by atoms with E-state index in [0.717, 1.165) is 42.4 Å². The van der Waals surface area contributed by atoms with Crippen LogP contribution < -0.4 is 0 Å². The normalized spacial score (nSPS) is 47.8. The first-order valence-electron chi connectivity index (χ1n) is 13.4. The number of rotatable bonds is 5. The largest absolute Gasteiger partial charge is 0.393 e. The Labute approximate surface area is 187 Å². The molecule has 3 saturated carbocycles. The molecular formula is C29H50O. The lowest BCUT2D eigenvalue weighted by Crippen LogP contribution is -2.53. The summed E-state index contributed by atoms with van der Waals surface area (Å²) < 4.78 is 0. The van der Waals surface area contributed by atoms with Gasteiger partial charge in [-0.15, -0.1) is 0 Å². The molecule has 0 aromatic carbocycles. The first-order valence-corrected chi connectivity index (χ1v) is 13.4. The van der Waals surface area contributed by atoms with Crippen LogP contribution in [0.25, 0.3) is 0 Å². The topological polar surface area (TPSA) is 20.2 Å². The second-order valence-corrected chi connectivity index (χ2v) is 13.3. The lowest BCUT2D eigenvalue weighted by molar-refractivity contribution is -0.0562. The fourth-order valence-corrected chi connectivity index (χ4v) is 8.89. The molecule has 1 heteroatoms. The lowest BCUT2D eigenvalue weighted by atomic mass is 9.44. The Kier molecular flexibility index (Phi) is 6.05. The second-order valence-electron chi connectivity index (χ2n) is 13.3. The van der Waals surface area contributed by atoms with Crippen LogP contribution in [0.1, 0.15) is 113 Å². The minimum Gasteiger partial charge on any atom is -0.393 e. The molecule has 0 aromatic rings. The van der Waals surface area contributed by atoms with Crippen molar-refractivity contribution in [3.8, 4) is 0 Å². The van der Waals surface area contributed by atoms with Crippen molar-refractivity contribution < 1.29 is 5.11 Å². The average molecular weight is 415 g/mol. The summed E-state index contributed by atoms with van der Waals surface area (Å²) in [4.78, 5) is 0. The van der Waals surface area contributed by atoms with Gasteiger partial charge >= 0.3 is 0 Å². The summed E-state index contributed by atoms with van der Waals surface area (Å²) in [6.45, 7) is 17.7.